The highest BCUT2D eigenvalue weighted by Gasteiger charge is 2.58. The fourth-order valence-electron chi connectivity index (χ4n) is 6.48. The first kappa shape index (κ1) is 20.6. The van der Waals surface area contributed by atoms with Crippen molar-refractivity contribution in [1.82, 2.24) is 25.9 Å². The first-order valence-corrected chi connectivity index (χ1v) is 11.1. The Balaban J connectivity index is 1.36. The van der Waals surface area contributed by atoms with E-state index in [4.69, 9.17) is 0 Å². The lowest BCUT2D eigenvalue weighted by atomic mass is 9.49. The lowest BCUT2D eigenvalue weighted by Gasteiger charge is -2.62. The molecular formula is C24H27N5O3. The third-order valence-corrected chi connectivity index (χ3v) is 7.16. The van der Waals surface area contributed by atoms with E-state index in [1.165, 1.54) is 7.05 Å². The van der Waals surface area contributed by atoms with Crippen LogP contribution in [0.15, 0.2) is 42.6 Å². The molecule has 0 radical (unpaired) electrons. The predicted molar refractivity (Wildman–Crippen MR) is 117 cm³/mol. The summed E-state index contributed by atoms with van der Waals surface area (Å²) in [6.45, 7) is 0. The Morgan fingerprint density at radius 3 is 1.94 bits per heavy atom. The monoisotopic (exact) mass is 433 g/mol. The average Bonchev–Trinajstić information content (AvgIpc) is 2.77. The van der Waals surface area contributed by atoms with Gasteiger partial charge in [0.05, 0.1) is 0 Å². The highest BCUT2D eigenvalue weighted by molar-refractivity contribution is 5.96. The van der Waals surface area contributed by atoms with Crippen molar-refractivity contribution in [3.05, 3.63) is 59.7 Å². The molecule has 0 aliphatic heterocycles. The smallest absolute Gasteiger partial charge is 0.270 e. The van der Waals surface area contributed by atoms with Crippen molar-refractivity contribution in [2.24, 2.45) is 11.8 Å². The molecule has 32 heavy (non-hydrogen) atoms. The Bertz CT molecular complexity index is 1060. The van der Waals surface area contributed by atoms with Crippen LogP contribution in [0.3, 0.4) is 0 Å². The minimum atomic E-state index is -0.372. The number of hydrogen-bond donors (Lipinski definition) is 3. The van der Waals surface area contributed by atoms with E-state index in [1.54, 1.807) is 36.5 Å². The zero-order chi connectivity index (χ0) is 22.3. The van der Waals surface area contributed by atoms with Crippen LogP contribution in [-0.2, 0) is 0 Å². The van der Waals surface area contributed by atoms with E-state index >= 15 is 0 Å². The van der Waals surface area contributed by atoms with Crippen molar-refractivity contribution in [2.45, 2.75) is 49.6 Å². The van der Waals surface area contributed by atoms with E-state index in [1.807, 2.05) is 6.07 Å². The molecule has 2 atom stereocenters. The number of carbonyl (C=O) groups is 3. The van der Waals surface area contributed by atoms with Crippen molar-refractivity contribution < 1.29 is 14.4 Å². The number of nitrogens with zero attached hydrogens (tertiary/aromatic N) is 2. The number of carbonyl (C=O) groups excluding carboxylic acids is 3. The molecule has 166 valence electrons. The zero-order valence-electron chi connectivity index (χ0n) is 18.1. The molecule has 0 saturated heterocycles. The van der Waals surface area contributed by atoms with Crippen molar-refractivity contribution in [1.29, 1.82) is 0 Å². The fraction of sp³-hybridized carbons (Fsp3) is 0.458. The van der Waals surface area contributed by atoms with E-state index in [0.29, 0.717) is 24.0 Å². The molecule has 2 unspecified atom stereocenters. The number of rotatable bonds is 5. The van der Waals surface area contributed by atoms with Crippen molar-refractivity contribution in [3.63, 3.8) is 0 Å². The molecule has 6 rings (SSSR count). The summed E-state index contributed by atoms with van der Waals surface area (Å²) in [6.07, 6.45) is 7.15. The van der Waals surface area contributed by atoms with E-state index in [0.717, 1.165) is 32.1 Å². The molecule has 3 amide bonds. The van der Waals surface area contributed by atoms with Crippen LogP contribution in [-0.4, -0.2) is 45.8 Å². The molecule has 2 heterocycles. The summed E-state index contributed by atoms with van der Waals surface area (Å²) in [4.78, 5) is 46.4. The summed E-state index contributed by atoms with van der Waals surface area (Å²) in [7, 11) is 1.53. The molecule has 4 fully saturated rings. The highest BCUT2D eigenvalue weighted by atomic mass is 16.2. The van der Waals surface area contributed by atoms with Gasteiger partial charge in [-0.15, -0.1) is 0 Å². The quantitative estimate of drug-likeness (QED) is 0.668. The third kappa shape index (κ3) is 3.74. The topological polar surface area (TPSA) is 113 Å². The van der Waals surface area contributed by atoms with Gasteiger partial charge in [-0.2, -0.15) is 0 Å². The molecule has 3 N–H and O–H groups in total. The molecule has 4 saturated carbocycles. The lowest BCUT2D eigenvalue weighted by Crippen LogP contribution is -2.70. The van der Waals surface area contributed by atoms with Crippen molar-refractivity contribution in [2.75, 3.05) is 7.05 Å². The van der Waals surface area contributed by atoms with Crippen molar-refractivity contribution >= 4 is 17.7 Å². The van der Waals surface area contributed by atoms with Crippen LogP contribution in [0.25, 0.3) is 0 Å². The van der Waals surface area contributed by atoms with Gasteiger partial charge in [0.2, 0.25) is 0 Å². The average molecular weight is 434 g/mol. The van der Waals surface area contributed by atoms with Crippen LogP contribution in [0.5, 0.6) is 0 Å². The van der Waals surface area contributed by atoms with E-state index in [2.05, 4.69) is 25.9 Å². The first-order chi connectivity index (χ1) is 15.4. The highest BCUT2D eigenvalue weighted by Crippen LogP contribution is 2.57. The Morgan fingerprint density at radius 2 is 1.38 bits per heavy atom. The minimum absolute atomic E-state index is 0.158. The van der Waals surface area contributed by atoms with Gasteiger partial charge in [0.25, 0.3) is 17.7 Å². The second kappa shape index (κ2) is 7.69. The summed E-state index contributed by atoms with van der Waals surface area (Å²) in [5.74, 6) is 0.167. The number of amides is 3. The zero-order valence-corrected chi connectivity index (χ0v) is 18.1. The fourth-order valence-corrected chi connectivity index (χ4v) is 6.48. The number of nitrogens with one attached hydrogen (secondary N) is 3. The SMILES string of the molecule is CNC(=O)c1cccc(C(=O)NC23CC4CC(CC(NC(=O)c5ccccn5)(C4)C2)C3)n1. The van der Waals surface area contributed by atoms with Crippen LogP contribution in [0.2, 0.25) is 0 Å². The molecule has 2 aromatic heterocycles. The minimum Gasteiger partial charge on any atom is -0.354 e. The largest absolute Gasteiger partial charge is 0.354 e. The lowest BCUT2D eigenvalue weighted by molar-refractivity contribution is -0.0449. The van der Waals surface area contributed by atoms with Gasteiger partial charge in [0.15, 0.2) is 0 Å². The van der Waals surface area contributed by atoms with Crippen molar-refractivity contribution in [3.8, 4) is 0 Å². The van der Waals surface area contributed by atoms with Gasteiger partial charge >= 0.3 is 0 Å². The molecule has 8 nitrogen and oxygen atoms in total. The second-order valence-corrected chi connectivity index (χ2v) is 9.63. The van der Waals surface area contributed by atoms with E-state index in [-0.39, 0.29) is 40.2 Å². The molecule has 4 bridgehead atoms. The number of hydrogen-bond acceptors (Lipinski definition) is 5. The Labute approximate surface area is 186 Å². The van der Waals surface area contributed by atoms with Crippen LogP contribution in [0.4, 0.5) is 0 Å². The summed E-state index contributed by atoms with van der Waals surface area (Å²) in [5, 5.41) is 9.08. The number of pyridine rings is 2. The third-order valence-electron chi connectivity index (χ3n) is 7.16. The maximum atomic E-state index is 13.1. The molecule has 4 aliphatic rings. The van der Waals surface area contributed by atoms with Gasteiger partial charge in [-0.1, -0.05) is 12.1 Å². The molecule has 0 aromatic carbocycles. The Hall–Kier alpha value is -3.29. The first-order valence-electron chi connectivity index (χ1n) is 11.1. The standard InChI is InChI=1S/C24H27N5O3/c1-25-20(30)18-6-4-7-19(27-18)22(32)29-24-12-15-9-16(13-24)11-23(10-15,14-24)28-21(31)17-5-2-3-8-26-17/h2-8,15-16H,9-14H2,1H3,(H,25,30)(H,28,31)(H,29,32). The maximum Gasteiger partial charge on any atom is 0.270 e. The van der Waals surface area contributed by atoms with Crippen LogP contribution < -0.4 is 16.0 Å². The van der Waals surface area contributed by atoms with Gasteiger partial charge < -0.3 is 16.0 Å². The molecule has 2 aromatic rings. The number of aromatic nitrogens is 2. The van der Waals surface area contributed by atoms with Gasteiger partial charge in [0, 0.05) is 24.3 Å². The summed E-state index contributed by atoms with van der Waals surface area (Å²) < 4.78 is 0. The summed E-state index contributed by atoms with van der Waals surface area (Å²) in [5.41, 5.74) is 0.154. The van der Waals surface area contributed by atoms with Gasteiger partial charge in [-0.05, 0) is 74.6 Å². The maximum absolute atomic E-state index is 13.1. The van der Waals surface area contributed by atoms with Crippen LogP contribution in [0.1, 0.15) is 70.0 Å². The summed E-state index contributed by atoms with van der Waals surface area (Å²) >= 11 is 0. The van der Waals surface area contributed by atoms with Gasteiger partial charge in [-0.3, -0.25) is 19.4 Å². The molecule has 8 heteroatoms. The van der Waals surface area contributed by atoms with E-state index < -0.39 is 0 Å². The molecular weight excluding hydrogens is 406 g/mol. The normalized spacial score (nSPS) is 29.9. The van der Waals surface area contributed by atoms with E-state index in [9.17, 15) is 14.4 Å². The van der Waals surface area contributed by atoms with Gasteiger partial charge in [-0.25, -0.2) is 4.98 Å². The Morgan fingerprint density at radius 1 is 0.812 bits per heavy atom. The Kier molecular flexibility index (Phi) is 4.95. The predicted octanol–water partition coefficient (Wildman–Crippen LogP) is 2.09. The van der Waals surface area contributed by atoms with Crippen LogP contribution >= 0.6 is 0 Å². The second-order valence-electron chi connectivity index (χ2n) is 9.63. The van der Waals surface area contributed by atoms with Gasteiger partial charge in [0.1, 0.15) is 17.1 Å². The summed E-state index contributed by atoms with van der Waals surface area (Å²) in [6, 6.07) is 10.2. The van der Waals surface area contributed by atoms with Crippen LogP contribution in [0, 0.1) is 11.8 Å². The molecule has 4 aliphatic carbocycles. The molecule has 0 spiro atoms.